The van der Waals surface area contributed by atoms with Gasteiger partial charge in [-0.3, -0.25) is 9.36 Å². The zero-order valence-corrected chi connectivity index (χ0v) is 13.1. The quantitative estimate of drug-likeness (QED) is 0.665. The van der Waals surface area contributed by atoms with Gasteiger partial charge in [-0.05, 0) is 32.6 Å². The minimum atomic E-state index is -0.323. The van der Waals surface area contributed by atoms with Crippen LogP contribution in [0.25, 0.3) is 0 Å². The van der Waals surface area contributed by atoms with Gasteiger partial charge in [-0.1, -0.05) is 26.2 Å². The van der Waals surface area contributed by atoms with Gasteiger partial charge in [0.1, 0.15) is 6.20 Å². The zero-order chi connectivity index (χ0) is 15.7. The summed E-state index contributed by atoms with van der Waals surface area (Å²) in [5.74, 6) is 0. The Morgan fingerprint density at radius 3 is 2.52 bits per heavy atom. The average molecular weight is 297 g/mol. The van der Waals surface area contributed by atoms with Crippen molar-refractivity contribution in [2.24, 2.45) is 0 Å². The smallest absolute Gasteiger partial charge is 0.347 e. The Labute approximate surface area is 125 Å². The first kappa shape index (κ1) is 17.6. The third-order valence-electron chi connectivity index (χ3n) is 3.50. The van der Waals surface area contributed by atoms with Crippen LogP contribution in [0.1, 0.15) is 58.8 Å². The van der Waals surface area contributed by atoms with Crippen LogP contribution in [0.5, 0.6) is 0 Å². The van der Waals surface area contributed by atoms with Gasteiger partial charge >= 0.3 is 5.69 Å². The van der Waals surface area contributed by atoms with Crippen molar-refractivity contribution in [1.82, 2.24) is 14.3 Å². The monoisotopic (exact) mass is 297 g/mol. The standard InChI is InChI=1S/C15H27N3O3/c1-3-4-5-7-10-17-14(20)12-16-18(15(17)21)11-8-6-9-13(2)19/h12-13,19H,3-11H2,1-2H3/t13-/m1/s1. The Bertz CT molecular complexity index is 520. The minimum Gasteiger partial charge on any atom is -0.393 e. The summed E-state index contributed by atoms with van der Waals surface area (Å²) in [5.41, 5.74) is -0.646. The molecule has 0 bridgehead atoms. The van der Waals surface area contributed by atoms with Crippen LogP contribution in [-0.4, -0.2) is 25.6 Å². The molecule has 0 spiro atoms. The van der Waals surface area contributed by atoms with Crippen molar-refractivity contribution in [3.63, 3.8) is 0 Å². The van der Waals surface area contributed by atoms with E-state index in [1.165, 1.54) is 15.4 Å². The largest absolute Gasteiger partial charge is 0.393 e. The van der Waals surface area contributed by atoms with Crippen LogP contribution in [-0.2, 0) is 13.1 Å². The van der Waals surface area contributed by atoms with Crippen LogP contribution in [0, 0.1) is 0 Å². The molecule has 1 rings (SSSR count). The number of aromatic nitrogens is 3. The van der Waals surface area contributed by atoms with Gasteiger partial charge < -0.3 is 5.11 Å². The van der Waals surface area contributed by atoms with Crippen molar-refractivity contribution in [3.05, 3.63) is 27.0 Å². The Kier molecular flexibility index (Phi) is 7.97. The van der Waals surface area contributed by atoms with Crippen LogP contribution in [0.4, 0.5) is 0 Å². The highest BCUT2D eigenvalue weighted by Crippen LogP contribution is 2.01. The fourth-order valence-electron chi connectivity index (χ4n) is 2.23. The van der Waals surface area contributed by atoms with Crippen molar-refractivity contribution in [2.75, 3.05) is 0 Å². The van der Waals surface area contributed by atoms with E-state index in [0.717, 1.165) is 38.5 Å². The molecule has 1 aromatic rings. The summed E-state index contributed by atoms with van der Waals surface area (Å²) >= 11 is 0. The van der Waals surface area contributed by atoms with Crippen molar-refractivity contribution in [2.45, 2.75) is 78.0 Å². The highest BCUT2D eigenvalue weighted by molar-refractivity contribution is 4.76. The van der Waals surface area contributed by atoms with E-state index in [0.29, 0.717) is 19.5 Å². The fourth-order valence-corrected chi connectivity index (χ4v) is 2.23. The van der Waals surface area contributed by atoms with Crippen LogP contribution in [0.15, 0.2) is 15.8 Å². The molecule has 21 heavy (non-hydrogen) atoms. The number of aryl methyl sites for hydroxylation is 1. The molecule has 1 heterocycles. The summed E-state index contributed by atoms with van der Waals surface area (Å²) in [5, 5.41) is 13.1. The molecule has 1 atom stereocenters. The molecule has 0 aliphatic rings. The van der Waals surface area contributed by atoms with E-state index in [1.54, 1.807) is 6.92 Å². The third-order valence-corrected chi connectivity index (χ3v) is 3.50. The lowest BCUT2D eigenvalue weighted by Crippen LogP contribution is -2.40. The number of hydrogen-bond donors (Lipinski definition) is 1. The van der Waals surface area contributed by atoms with E-state index >= 15 is 0 Å². The number of aliphatic hydroxyl groups excluding tert-OH is 1. The second-order valence-corrected chi connectivity index (χ2v) is 5.55. The molecule has 120 valence electrons. The van der Waals surface area contributed by atoms with Gasteiger partial charge in [-0.15, -0.1) is 0 Å². The van der Waals surface area contributed by atoms with E-state index in [4.69, 9.17) is 0 Å². The van der Waals surface area contributed by atoms with Crippen LogP contribution in [0.3, 0.4) is 0 Å². The lowest BCUT2D eigenvalue weighted by Gasteiger charge is -2.09. The first-order valence-corrected chi connectivity index (χ1v) is 7.91. The number of rotatable bonds is 10. The number of unbranched alkanes of at least 4 members (excludes halogenated alkanes) is 4. The normalized spacial score (nSPS) is 12.5. The Hall–Kier alpha value is -1.43. The average Bonchev–Trinajstić information content (AvgIpc) is 2.44. The summed E-state index contributed by atoms with van der Waals surface area (Å²) < 4.78 is 2.63. The SMILES string of the molecule is CCCCCCn1c(=O)cnn(CCCC[C@@H](C)O)c1=O. The van der Waals surface area contributed by atoms with Crippen molar-refractivity contribution < 1.29 is 5.11 Å². The van der Waals surface area contributed by atoms with Crippen molar-refractivity contribution >= 4 is 0 Å². The van der Waals surface area contributed by atoms with Gasteiger partial charge in [0.25, 0.3) is 5.56 Å². The molecule has 0 aliphatic heterocycles. The van der Waals surface area contributed by atoms with Crippen LogP contribution in [0.2, 0.25) is 0 Å². The highest BCUT2D eigenvalue weighted by Gasteiger charge is 2.06. The summed E-state index contributed by atoms with van der Waals surface area (Å²) in [4.78, 5) is 23.9. The van der Waals surface area contributed by atoms with E-state index in [1.807, 2.05) is 0 Å². The van der Waals surface area contributed by atoms with E-state index < -0.39 is 0 Å². The fraction of sp³-hybridized carbons (Fsp3) is 0.800. The summed E-state index contributed by atoms with van der Waals surface area (Å²) in [6.45, 7) is 4.83. The van der Waals surface area contributed by atoms with Gasteiger partial charge in [0.05, 0.1) is 6.10 Å². The van der Waals surface area contributed by atoms with Crippen molar-refractivity contribution in [3.8, 4) is 0 Å². The molecule has 0 aliphatic carbocycles. The lowest BCUT2D eigenvalue weighted by atomic mass is 10.2. The van der Waals surface area contributed by atoms with E-state index in [2.05, 4.69) is 12.0 Å². The molecule has 0 amide bonds. The van der Waals surface area contributed by atoms with Gasteiger partial charge in [-0.2, -0.15) is 5.10 Å². The summed E-state index contributed by atoms with van der Waals surface area (Å²) in [7, 11) is 0. The number of hydrogen-bond acceptors (Lipinski definition) is 4. The minimum absolute atomic E-state index is 0.317. The topological polar surface area (TPSA) is 77.1 Å². The summed E-state index contributed by atoms with van der Waals surface area (Å²) in [6, 6.07) is 0. The Morgan fingerprint density at radius 1 is 1.14 bits per heavy atom. The van der Waals surface area contributed by atoms with Gasteiger partial charge in [-0.25, -0.2) is 9.48 Å². The molecular weight excluding hydrogens is 270 g/mol. The maximum atomic E-state index is 12.2. The molecular formula is C15H27N3O3. The molecule has 1 N–H and O–H groups in total. The number of aliphatic hydroxyl groups is 1. The lowest BCUT2D eigenvalue weighted by molar-refractivity contribution is 0.179. The maximum absolute atomic E-state index is 12.2. The zero-order valence-electron chi connectivity index (χ0n) is 13.1. The molecule has 6 nitrogen and oxygen atoms in total. The molecule has 0 saturated heterocycles. The van der Waals surface area contributed by atoms with Crippen LogP contribution >= 0.6 is 0 Å². The summed E-state index contributed by atoms with van der Waals surface area (Å²) in [6.07, 6.45) is 7.33. The predicted molar refractivity (Wildman–Crippen MR) is 82.4 cm³/mol. The van der Waals surface area contributed by atoms with Gasteiger partial charge in [0.2, 0.25) is 0 Å². The molecule has 0 aromatic carbocycles. The molecule has 0 fully saturated rings. The third kappa shape index (κ3) is 6.25. The molecule has 1 aromatic heterocycles. The second kappa shape index (κ2) is 9.50. The Balaban J connectivity index is 2.61. The van der Waals surface area contributed by atoms with Gasteiger partial charge in [0, 0.05) is 13.1 Å². The highest BCUT2D eigenvalue weighted by atomic mass is 16.3. The van der Waals surface area contributed by atoms with E-state index in [9.17, 15) is 14.7 Å². The van der Waals surface area contributed by atoms with Crippen molar-refractivity contribution in [1.29, 1.82) is 0 Å². The Morgan fingerprint density at radius 2 is 1.86 bits per heavy atom. The first-order chi connectivity index (χ1) is 10.1. The number of nitrogens with zero attached hydrogens (tertiary/aromatic N) is 3. The molecule has 0 unspecified atom stereocenters. The van der Waals surface area contributed by atoms with Gasteiger partial charge in [0.15, 0.2) is 0 Å². The second-order valence-electron chi connectivity index (χ2n) is 5.55. The molecule has 6 heteroatoms. The van der Waals surface area contributed by atoms with Crippen LogP contribution < -0.4 is 11.2 Å². The first-order valence-electron chi connectivity index (χ1n) is 7.91. The van der Waals surface area contributed by atoms with E-state index in [-0.39, 0.29) is 17.4 Å². The molecule has 0 saturated carbocycles. The molecule has 0 radical (unpaired) electrons. The predicted octanol–water partition coefficient (Wildman–Crippen LogP) is 1.54. The maximum Gasteiger partial charge on any atom is 0.347 e.